The highest BCUT2D eigenvalue weighted by Crippen LogP contribution is 2.30. The second kappa shape index (κ2) is 5.33. The quantitative estimate of drug-likeness (QED) is 0.905. The third-order valence-electron chi connectivity index (χ3n) is 4.35. The Labute approximate surface area is 121 Å². The number of benzene rings is 1. The van der Waals surface area contributed by atoms with E-state index in [-0.39, 0.29) is 12.3 Å². The van der Waals surface area contributed by atoms with E-state index in [1.54, 1.807) is 11.0 Å². The van der Waals surface area contributed by atoms with Crippen LogP contribution in [0.1, 0.15) is 11.1 Å². The van der Waals surface area contributed by atoms with Gasteiger partial charge in [-0.1, -0.05) is 18.2 Å². The van der Waals surface area contributed by atoms with Crippen molar-refractivity contribution in [3.05, 3.63) is 35.4 Å². The lowest BCUT2D eigenvalue weighted by Crippen LogP contribution is -2.33. The number of hydrogen-bond donors (Lipinski definition) is 1. The van der Waals surface area contributed by atoms with Gasteiger partial charge in [-0.05, 0) is 23.5 Å². The van der Waals surface area contributed by atoms with Crippen molar-refractivity contribution >= 4 is 5.91 Å². The van der Waals surface area contributed by atoms with Crippen LogP contribution in [-0.2, 0) is 17.4 Å². The maximum atomic E-state index is 12.7. The van der Waals surface area contributed by atoms with Gasteiger partial charge in [0, 0.05) is 26.2 Å². The van der Waals surface area contributed by atoms with Gasteiger partial charge in [-0.3, -0.25) is 4.79 Å². The lowest BCUT2D eigenvalue weighted by atomic mass is 10.0. The van der Waals surface area contributed by atoms with Crippen LogP contribution in [0.3, 0.4) is 0 Å². The minimum absolute atomic E-state index is 0.0385. The van der Waals surface area contributed by atoms with Crippen LogP contribution in [0, 0.1) is 11.8 Å². The molecule has 0 aromatic heterocycles. The summed E-state index contributed by atoms with van der Waals surface area (Å²) >= 11 is 0. The highest BCUT2D eigenvalue weighted by molar-refractivity contribution is 5.79. The number of carbonyl (C=O) groups is 1. The molecule has 3 rings (SSSR count). The van der Waals surface area contributed by atoms with E-state index in [4.69, 9.17) is 0 Å². The fourth-order valence-corrected chi connectivity index (χ4v) is 3.20. The second-order valence-electron chi connectivity index (χ2n) is 5.85. The number of halogens is 3. The molecule has 0 bridgehead atoms. The number of rotatable bonds is 2. The van der Waals surface area contributed by atoms with Gasteiger partial charge in [-0.2, -0.15) is 13.2 Å². The molecule has 114 valence electrons. The van der Waals surface area contributed by atoms with Gasteiger partial charge in [0.05, 0.1) is 12.0 Å². The molecule has 0 unspecified atom stereocenters. The molecule has 0 radical (unpaired) electrons. The molecule has 2 aliphatic rings. The van der Waals surface area contributed by atoms with E-state index in [0.717, 1.165) is 38.3 Å². The van der Waals surface area contributed by atoms with Crippen LogP contribution in [0.2, 0.25) is 0 Å². The average molecular weight is 298 g/mol. The van der Waals surface area contributed by atoms with E-state index >= 15 is 0 Å². The van der Waals surface area contributed by atoms with E-state index in [0.29, 0.717) is 17.4 Å². The highest BCUT2D eigenvalue weighted by atomic mass is 19.4. The first kappa shape index (κ1) is 14.4. The van der Waals surface area contributed by atoms with Gasteiger partial charge < -0.3 is 10.2 Å². The highest BCUT2D eigenvalue weighted by Gasteiger charge is 2.38. The molecule has 3 nitrogen and oxygen atoms in total. The number of amides is 1. The molecule has 1 amide bonds. The molecule has 6 heteroatoms. The van der Waals surface area contributed by atoms with E-state index in [1.165, 1.54) is 6.07 Å². The molecule has 0 spiro atoms. The second-order valence-corrected chi connectivity index (χ2v) is 5.85. The first-order chi connectivity index (χ1) is 9.93. The molecule has 2 saturated heterocycles. The van der Waals surface area contributed by atoms with Crippen LogP contribution in [-0.4, -0.2) is 37.0 Å². The van der Waals surface area contributed by atoms with Crippen molar-refractivity contribution in [3.8, 4) is 0 Å². The van der Waals surface area contributed by atoms with Crippen molar-refractivity contribution in [2.45, 2.75) is 12.6 Å². The summed E-state index contributed by atoms with van der Waals surface area (Å²) in [5.41, 5.74) is -0.277. The lowest BCUT2D eigenvalue weighted by molar-refractivity contribution is -0.138. The Bertz CT molecular complexity index is 532. The predicted molar refractivity (Wildman–Crippen MR) is 71.6 cm³/mol. The zero-order valence-corrected chi connectivity index (χ0v) is 11.5. The Hall–Kier alpha value is -1.56. The van der Waals surface area contributed by atoms with Gasteiger partial charge in [0.25, 0.3) is 0 Å². The number of alkyl halides is 3. The summed E-state index contributed by atoms with van der Waals surface area (Å²) < 4.78 is 38.0. The molecule has 2 heterocycles. The Morgan fingerprint density at radius 1 is 1.24 bits per heavy atom. The molecule has 2 aliphatic heterocycles. The molecule has 0 aliphatic carbocycles. The van der Waals surface area contributed by atoms with Crippen molar-refractivity contribution < 1.29 is 18.0 Å². The zero-order valence-electron chi connectivity index (χ0n) is 11.5. The summed E-state index contributed by atoms with van der Waals surface area (Å²) in [5, 5.41) is 3.29. The summed E-state index contributed by atoms with van der Waals surface area (Å²) in [7, 11) is 0. The molecule has 1 aromatic carbocycles. The summed E-state index contributed by atoms with van der Waals surface area (Å²) in [5.74, 6) is 0.912. The molecule has 1 aromatic rings. The van der Waals surface area contributed by atoms with E-state index in [1.807, 2.05) is 0 Å². The fourth-order valence-electron chi connectivity index (χ4n) is 3.20. The molecule has 21 heavy (non-hydrogen) atoms. The minimum Gasteiger partial charge on any atom is -0.342 e. The normalized spacial score (nSPS) is 25.2. The number of carbonyl (C=O) groups excluding carboxylic acids is 1. The summed E-state index contributed by atoms with van der Waals surface area (Å²) in [6.45, 7) is 3.29. The first-order valence-corrected chi connectivity index (χ1v) is 7.08. The molecule has 2 fully saturated rings. The van der Waals surface area contributed by atoms with Crippen LogP contribution < -0.4 is 5.32 Å². The first-order valence-electron chi connectivity index (χ1n) is 7.08. The molecule has 2 atom stereocenters. The minimum atomic E-state index is -4.37. The number of likely N-dealkylation sites (tertiary alicyclic amines) is 1. The summed E-state index contributed by atoms with van der Waals surface area (Å²) in [6.07, 6.45) is -4.33. The number of hydrogen-bond acceptors (Lipinski definition) is 2. The average Bonchev–Trinajstić information content (AvgIpc) is 2.98. The molecule has 1 N–H and O–H groups in total. The van der Waals surface area contributed by atoms with Gasteiger partial charge in [-0.25, -0.2) is 0 Å². The Morgan fingerprint density at radius 3 is 2.52 bits per heavy atom. The third-order valence-corrected chi connectivity index (χ3v) is 4.35. The van der Waals surface area contributed by atoms with Crippen molar-refractivity contribution in [2.24, 2.45) is 11.8 Å². The fraction of sp³-hybridized carbons (Fsp3) is 0.533. The predicted octanol–water partition coefficient (Wildman–Crippen LogP) is 1.93. The van der Waals surface area contributed by atoms with Crippen LogP contribution >= 0.6 is 0 Å². The Kier molecular flexibility index (Phi) is 3.65. The topological polar surface area (TPSA) is 32.3 Å². The maximum Gasteiger partial charge on any atom is 0.416 e. The zero-order chi connectivity index (χ0) is 15.0. The largest absolute Gasteiger partial charge is 0.416 e. The SMILES string of the molecule is O=C(Cc1cccc(C(F)(F)F)c1)N1C[C@H]2CNC[C@H]2C1. The molecule has 0 saturated carbocycles. The Morgan fingerprint density at radius 2 is 1.90 bits per heavy atom. The van der Waals surface area contributed by atoms with Crippen molar-refractivity contribution in [3.63, 3.8) is 0 Å². The van der Waals surface area contributed by atoms with Gasteiger partial charge >= 0.3 is 6.18 Å². The smallest absolute Gasteiger partial charge is 0.342 e. The lowest BCUT2D eigenvalue weighted by Gasteiger charge is -2.18. The van der Waals surface area contributed by atoms with Crippen molar-refractivity contribution in [1.29, 1.82) is 0 Å². The molecular formula is C15H17F3N2O. The van der Waals surface area contributed by atoms with E-state index in [2.05, 4.69) is 5.32 Å². The van der Waals surface area contributed by atoms with Gasteiger partial charge in [-0.15, -0.1) is 0 Å². The van der Waals surface area contributed by atoms with E-state index < -0.39 is 11.7 Å². The Balaban J connectivity index is 1.65. The van der Waals surface area contributed by atoms with Crippen LogP contribution in [0.4, 0.5) is 13.2 Å². The van der Waals surface area contributed by atoms with Gasteiger partial charge in [0.15, 0.2) is 0 Å². The monoisotopic (exact) mass is 298 g/mol. The van der Waals surface area contributed by atoms with Crippen LogP contribution in [0.25, 0.3) is 0 Å². The number of nitrogens with zero attached hydrogens (tertiary/aromatic N) is 1. The van der Waals surface area contributed by atoms with Crippen molar-refractivity contribution in [1.82, 2.24) is 10.2 Å². The van der Waals surface area contributed by atoms with Gasteiger partial charge in [0.2, 0.25) is 5.91 Å². The van der Waals surface area contributed by atoms with Gasteiger partial charge in [0.1, 0.15) is 0 Å². The summed E-state index contributed by atoms with van der Waals surface area (Å²) in [4.78, 5) is 14.0. The third kappa shape index (κ3) is 3.05. The van der Waals surface area contributed by atoms with Crippen molar-refractivity contribution in [2.75, 3.05) is 26.2 Å². The standard InChI is InChI=1S/C15H17F3N2O/c16-15(17,18)13-3-1-2-10(4-13)5-14(21)20-8-11-6-19-7-12(11)9-20/h1-4,11-12,19H,5-9H2/t11-,12+. The number of nitrogens with one attached hydrogen (secondary N) is 1. The van der Waals surface area contributed by atoms with Crippen LogP contribution in [0.15, 0.2) is 24.3 Å². The van der Waals surface area contributed by atoms with Crippen LogP contribution in [0.5, 0.6) is 0 Å². The van der Waals surface area contributed by atoms with E-state index in [9.17, 15) is 18.0 Å². The summed E-state index contributed by atoms with van der Waals surface area (Å²) in [6, 6.07) is 5.02. The number of fused-ring (bicyclic) bond motifs is 1. The molecular weight excluding hydrogens is 281 g/mol. The maximum absolute atomic E-state index is 12.7.